The van der Waals surface area contributed by atoms with Crippen LogP contribution in [-0.4, -0.2) is 48.4 Å². The first kappa shape index (κ1) is 21.1. The van der Waals surface area contributed by atoms with Crippen molar-refractivity contribution in [2.24, 2.45) is 5.92 Å². The minimum absolute atomic E-state index is 0.0637. The van der Waals surface area contributed by atoms with Crippen molar-refractivity contribution in [1.82, 2.24) is 10.2 Å². The van der Waals surface area contributed by atoms with Crippen LogP contribution in [0.3, 0.4) is 0 Å². The lowest BCUT2D eigenvalue weighted by molar-refractivity contribution is -0.156. The maximum absolute atomic E-state index is 13.0. The van der Waals surface area contributed by atoms with E-state index in [1.165, 1.54) is 7.11 Å². The molecule has 1 N–H and O–H groups in total. The van der Waals surface area contributed by atoms with E-state index in [1.807, 2.05) is 30.3 Å². The zero-order valence-corrected chi connectivity index (χ0v) is 17.0. The number of methoxy groups -OCH3 is 1. The predicted octanol–water partition coefficient (Wildman–Crippen LogP) is 2.93. The van der Waals surface area contributed by atoms with Crippen LogP contribution in [0.1, 0.15) is 50.5 Å². The van der Waals surface area contributed by atoms with Crippen molar-refractivity contribution in [1.29, 1.82) is 0 Å². The molecule has 1 atom stereocenters. The maximum Gasteiger partial charge on any atom is 0.328 e. The van der Waals surface area contributed by atoms with Crippen molar-refractivity contribution < 1.29 is 19.1 Å². The van der Waals surface area contributed by atoms with Crippen LogP contribution >= 0.6 is 0 Å². The van der Waals surface area contributed by atoms with Gasteiger partial charge in [0.1, 0.15) is 6.04 Å². The Kier molecular flexibility index (Phi) is 7.44. The Morgan fingerprint density at radius 2 is 1.76 bits per heavy atom. The van der Waals surface area contributed by atoms with Gasteiger partial charge in [0.25, 0.3) is 0 Å². The fraction of sp³-hybridized carbons (Fsp3) is 0.522. The lowest BCUT2D eigenvalue weighted by Gasteiger charge is -2.38. The van der Waals surface area contributed by atoms with Crippen LogP contribution in [0.25, 0.3) is 6.08 Å². The molecule has 6 nitrogen and oxygen atoms in total. The van der Waals surface area contributed by atoms with Gasteiger partial charge in [-0.3, -0.25) is 9.59 Å². The third-order valence-corrected chi connectivity index (χ3v) is 5.91. The molecule has 2 amide bonds. The molecule has 2 aliphatic rings. The fourth-order valence-corrected chi connectivity index (χ4v) is 4.28. The molecule has 0 bridgehead atoms. The number of ether oxygens (including phenoxy) is 1. The molecule has 0 aromatic heterocycles. The van der Waals surface area contributed by atoms with Crippen LogP contribution in [0.15, 0.2) is 36.4 Å². The molecule has 1 heterocycles. The van der Waals surface area contributed by atoms with Crippen LogP contribution in [0.2, 0.25) is 0 Å². The zero-order chi connectivity index (χ0) is 20.6. The van der Waals surface area contributed by atoms with Crippen molar-refractivity contribution in [2.75, 3.05) is 13.7 Å². The first-order valence-corrected chi connectivity index (χ1v) is 10.5. The average molecular weight is 399 g/mol. The topological polar surface area (TPSA) is 75.7 Å². The van der Waals surface area contributed by atoms with Gasteiger partial charge in [0.05, 0.1) is 7.11 Å². The number of nitrogens with zero attached hydrogens (tertiary/aromatic N) is 1. The Balaban J connectivity index is 1.48. The van der Waals surface area contributed by atoms with E-state index < -0.39 is 6.04 Å². The number of likely N-dealkylation sites (tertiary alicyclic amines) is 1. The molecule has 1 aliphatic carbocycles. The number of rotatable bonds is 5. The number of piperidine rings is 1. The second-order valence-corrected chi connectivity index (χ2v) is 7.87. The third-order valence-electron chi connectivity index (χ3n) is 5.91. The molecule has 1 aromatic carbocycles. The van der Waals surface area contributed by atoms with Gasteiger partial charge >= 0.3 is 5.97 Å². The summed E-state index contributed by atoms with van der Waals surface area (Å²) in [6.07, 6.45) is 8.92. The number of esters is 1. The highest BCUT2D eigenvalue weighted by molar-refractivity contribution is 5.92. The lowest BCUT2D eigenvalue weighted by atomic mass is 9.84. The summed E-state index contributed by atoms with van der Waals surface area (Å²) < 4.78 is 4.89. The van der Waals surface area contributed by atoms with Gasteiger partial charge in [-0.1, -0.05) is 30.3 Å². The number of hydrogen-bond acceptors (Lipinski definition) is 4. The van der Waals surface area contributed by atoms with E-state index in [0.29, 0.717) is 13.0 Å². The molecule has 1 unspecified atom stereocenters. The summed E-state index contributed by atoms with van der Waals surface area (Å²) in [5, 5.41) is 3.04. The normalized spacial score (nSPS) is 24.9. The molecule has 29 heavy (non-hydrogen) atoms. The van der Waals surface area contributed by atoms with Gasteiger partial charge in [0, 0.05) is 24.6 Å². The van der Waals surface area contributed by atoms with Gasteiger partial charge in [-0.25, -0.2) is 4.79 Å². The summed E-state index contributed by atoms with van der Waals surface area (Å²) >= 11 is 0. The fourth-order valence-electron chi connectivity index (χ4n) is 4.28. The highest BCUT2D eigenvalue weighted by atomic mass is 16.5. The average Bonchev–Trinajstić information content (AvgIpc) is 2.78. The summed E-state index contributed by atoms with van der Waals surface area (Å²) in [5.74, 6) is -0.434. The quantitative estimate of drug-likeness (QED) is 0.611. The van der Waals surface area contributed by atoms with E-state index in [2.05, 4.69) is 5.32 Å². The SMILES string of the molecule is COC(=O)C1CCCCN1C(=O)C1CCC(NC(=O)/C=C/c2ccccc2)CC1. The van der Waals surface area contributed by atoms with Gasteiger partial charge in [0.15, 0.2) is 0 Å². The van der Waals surface area contributed by atoms with E-state index in [0.717, 1.165) is 44.1 Å². The van der Waals surface area contributed by atoms with Crippen LogP contribution in [-0.2, 0) is 19.1 Å². The highest BCUT2D eigenvalue weighted by Crippen LogP contribution is 2.29. The van der Waals surface area contributed by atoms with Crippen LogP contribution in [0.5, 0.6) is 0 Å². The second-order valence-electron chi connectivity index (χ2n) is 7.87. The molecule has 1 saturated carbocycles. The monoisotopic (exact) mass is 398 g/mol. The van der Waals surface area contributed by atoms with Crippen LogP contribution in [0.4, 0.5) is 0 Å². The van der Waals surface area contributed by atoms with Crippen molar-refractivity contribution >= 4 is 23.9 Å². The number of carbonyl (C=O) groups is 3. The van der Waals surface area contributed by atoms with Crippen molar-refractivity contribution in [3.63, 3.8) is 0 Å². The second kappa shape index (κ2) is 10.2. The highest BCUT2D eigenvalue weighted by Gasteiger charge is 2.37. The lowest BCUT2D eigenvalue weighted by Crippen LogP contribution is -2.51. The standard InChI is InChI=1S/C23H30N2O4/c1-29-23(28)20-9-5-6-16-25(20)22(27)18-11-13-19(14-12-18)24-21(26)15-10-17-7-3-2-4-8-17/h2-4,7-8,10,15,18-20H,5-6,9,11-14,16H2,1H3,(H,24,26)/b15-10+. The first-order valence-electron chi connectivity index (χ1n) is 10.5. The Bertz CT molecular complexity index is 739. The van der Waals surface area contributed by atoms with E-state index in [1.54, 1.807) is 17.1 Å². The molecule has 3 rings (SSSR count). The smallest absolute Gasteiger partial charge is 0.328 e. The Morgan fingerprint density at radius 3 is 2.45 bits per heavy atom. The van der Waals surface area contributed by atoms with Crippen LogP contribution in [0, 0.1) is 5.92 Å². The van der Waals surface area contributed by atoms with E-state index in [-0.39, 0.29) is 29.7 Å². The van der Waals surface area contributed by atoms with Crippen molar-refractivity contribution in [3.8, 4) is 0 Å². The summed E-state index contributed by atoms with van der Waals surface area (Å²) in [5.41, 5.74) is 0.985. The molecular formula is C23H30N2O4. The molecule has 1 aliphatic heterocycles. The summed E-state index contributed by atoms with van der Waals surface area (Å²) in [6.45, 7) is 0.625. The van der Waals surface area contributed by atoms with Crippen molar-refractivity contribution in [2.45, 2.75) is 57.0 Å². The Morgan fingerprint density at radius 1 is 1.03 bits per heavy atom. The number of nitrogens with one attached hydrogen (secondary N) is 1. The predicted molar refractivity (Wildman–Crippen MR) is 111 cm³/mol. The van der Waals surface area contributed by atoms with Crippen molar-refractivity contribution in [3.05, 3.63) is 42.0 Å². The minimum Gasteiger partial charge on any atom is -0.467 e. The summed E-state index contributed by atoms with van der Waals surface area (Å²) in [6, 6.07) is 9.35. The van der Waals surface area contributed by atoms with E-state index in [9.17, 15) is 14.4 Å². The summed E-state index contributed by atoms with van der Waals surface area (Å²) in [7, 11) is 1.37. The van der Waals surface area contributed by atoms with Gasteiger partial charge in [-0.05, 0) is 56.6 Å². The molecule has 2 fully saturated rings. The van der Waals surface area contributed by atoms with E-state index in [4.69, 9.17) is 4.74 Å². The first-order chi connectivity index (χ1) is 14.1. The molecule has 0 spiro atoms. The minimum atomic E-state index is -0.443. The zero-order valence-electron chi connectivity index (χ0n) is 17.0. The molecular weight excluding hydrogens is 368 g/mol. The molecule has 1 saturated heterocycles. The Hall–Kier alpha value is -2.63. The largest absolute Gasteiger partial charge is 0.467 e. The number of benzene rings is 1. The number of hydrogen-bond donors (Lipinski definition) is 1. The maximum atomic E-state index is 13.0. The molecule has 1 aromatic rings. The van der Waals surface area contributed by atoms with Gasteiger partial charge in [0.2, 0.25) is 11.8 Å². The van der Waals surface area contributed by atoms with Crippen LogP contribution < -0.4 is 5.32 Å². The molecule has 0 radical (unpaired) electrons. The van der Waals surface area contributed by atoms with Gasteiger partial charge < -0.3 is 15.0 Å². The number of amides is 2. The van der Waals surface area contributed by atoms with E-state index >= 15 is 0 Å². The number of carbonyl (C=O) groups excluding carboxylic acids is 3. The summed E-state index contributed by atoms with van der Waals surface area (Å²) in [4.78, 5) is 38.9. The van der Waals surface area contributed by atoms with Gasteiger partial charge in [-0.15, -0.1) is 0 Å². The molecule has 156 valence electrons. The van der Waals surface area contributed by atoms with Gasteiger partial charge in [-0.2, -0.15) is 0 Å². The third kappa shape index (κ3) is 5.68. The molecule has 6 heteroatoms. The Labute approximate surface area is 172 Å².